The molecule has 0 atom stereocenters. The number of benzene rings is 4. The summed E-state index contributed by atoms with van der Waals surface area (Å²) in [5, 5.41) is 0. The van der Waals surface area contributed by atoms with Crippen molar-refractivity contribution in [1.82, 2.24) is 0 Å². The smallest absolute Gasteiger partial charge is 0.526 e. The van der Waals surface area contributed by atoms with Crippen LogP contribution in [0.5, 0.6) is 11.5 Å². The lowest BCUT2D eigenvalue weighted by Gasteiger charge is -2.09. The van der Waals surface area contributed by atoms with Gasteiger partial charge in [0.15, 0.2) is 0 Å². The first-order chi connectivity index (χ1) is 17.1. The van der Waals surface area contributed by atoms with E-state index in [1.54, 1.807) is 0 Å². The first-order valence-corrected chi connectivity index (χ1v) is 12.7. The maximum absolute atomic E-state index is 5.80. The Labute approximate surface area is 223 Å². The van der Waals surface area contributed by atoms with Gasteiger partial charge in [0.05, 0.1) is 26.4 Å². The van der Waals surface area contributed by atoms with E-state index in [0.29, 0.717) is 37.9 Å². The molecule has 0 aliphatic rings. The minimum atomic E-state index is 0.534. The van der Waals surface area contributed by atoms with E-state index in [2.05, 4.69) is 44.0 Å². The van der Waals surface area contributed by atoms with Crippen LogP contribution in [-0.4, -0.2) is 7.69 Å². The van der Waals surface area contributed by atoms with Gasteiger partial charge in [0, 0.05) is 8.95 Å². The molecule has 0 fully saturated rings. The Bertz CT molecular complexity index is 1110. The summed E-state index contributed by atoms with van der Waals surface area (Å²) in [7, 11) is 1.33. The van der Waals surface area contributed by atoms with E-state index in [4.69, 9.17) is 18.8 Å². The molecule has 4 nitrogen and oxygen atoms in total. The van der Waals surface area contributed by atoms with Crippen LogP contribution in [0.1, 0.15) is 22.3 Å². The van der Waals surface area contributed by atoms with E-state index >= 15 is 0 Å². The van der Waals surface area contributed by atoms with Crippen molar-refractivity contribution in [2.75, 3.05) is 0 Å². The van der Waals surface area contributed by atoms with Crippen molar-refractivity contribution in [2.45, 2.75) is 26.4 Å². The zero-order valence-electron chi connectivity index (χ0n) is 19.0. The summed E-state index contributed by atoms with van der Waals surface area (Å²) in [4.78, 5) is 0. The molecule has 0 saturated heterocycles. The summed E-state index contributed by atoms with van der Waals surface area (Å²) in [5.74, 6) is 1.39. The lowest BCUT2D eigenvalue weighted by Crippen LogP contribution is -2.10. The van der Waals surface area contributed by atoms with Crippen molar-refractivity contribution in [3.8, 4) is 11.5 Å². The Balaban J connectivity index is 1.13. The standard InChI is InChI=1S/C28H24BBr2O4/c30-25-5-1-3-23(15-25)19-32-17-21-7-11-27(12-8-21)34-29-35-28-13-9-22(10-14-28)18-33-20-24-4-2-6-26(31)16-24/h1-16H,17-20H2. The molecule has 4 aromatic rings. The highest BCUT2D eigenvalue weighted by molar-refractivity contribution is 9.10. The molecule has 4 rings (SSSR count). The van der Waals surface area contributed by atoms with Crippen molar-refractivity contribution in [2.24, 2.45) is 0 Å². The summed E-state index contributed by atoms with van der Waals surface area (Å²) in [5.41, 5.74) is 4.41. The highest BCUT2D eigenvalue weighted by Gasteiger charge is 2.04. The lowest BCUT2D eigenvalue weighted by atomic mass is 10.2. The fourth-order valence-electron chi connectivity index (χ4n) is 3.29. The summed E-state index contributed by atoms with van der Waals surface area (Å²) in [6.07, 6.45) is 0. The van der Waals surface area contributed by atoms with E-state index in [0.717, 1.165) is 31.2 Å². The molecule has 0 aromatic heterocycles. The van der Waals surface area contributed by atoms with Crippen LogP contribution in [0.3, 0.4) is 0 Å². The van der Waals surface area contributed by atoms with Gasteiger partial charge in [0.1, 0.15) is 11.5 Å². The number of hydrogen-bond donors (Lipinski definition) is 0. The van der Waals surface area contributed by atoms with Crippen LogP contribution in [0, 0.1) is 0 Å². The van der Waals surface area contributed by atoms with Crippen molar-refractivity contribution in [1.29, 1.82) is 0 Å². The van der Waals surface area contributed by atoms with E-state index in [9.17, 15) is 0 Å². The van der Waals surface area contributed by atoms with Gasteiger partial charge in [0.2, 0.25) is 0 Å². The van der Waals surface area contributed by atoms with Crippen LogP contribution >= 0.6 is 31.9 Å². The minimum Gasteiger partial charge on any atom is -0.526 e. The third-order valence-corrected chi connectivity index (χ3v) is 6.05. The largest absolute Gasteiger partial charge is 0.658 e. The van der Waals surface area contributed by atoms with Gasteiger partial charge in [-0.2, -0.15) is 0 Å². The van der Waals surface area contributed by atoms with Crippen LogP contribution in [0.2, 0.25) is 0 Å². The van der Waals surface area contributed by atoms with Gasteiger partial charge in [-0.3, -0.25) is 0 Å². The van der Waals surface area contributed by atoms with Crippen molar-refractivity contribution < 1.29 is 18.8 Å². The fraction of sp³-hybridized carbons (Fsp3) is 0.143. The van der Waals surface area contributed by atoms with E-state index in [1.807, 2.05) is 84.9 Å². The normalized spacial score (nSPS) is 10.7. The van der Waals surface area contributed by atoms with Gasteiger partial charge in [0.25, 0.3) is 0 Å². The maximum Gasteiger partial charge on any atom is 0.658 e. The second kappa shape index (κ2) is 13.5. The zero-order valence-corrected chi connectivity index (χ0v) is 22.2. The average Bonchev–Trinajstić information content (AvgIpc) is 2.86. The van der Waals surface area contributed by atoms with Crippen LogP contribution in [-0.2, 0) is 35.9 Å². The van der Waals surface area contributed by atoms with Gasteiger partial charge in [-0.25, -0.2) is 0 Å². The van der Waals surface area contributed by atoms with Crippen LogP contribution in [0.15, 0.2) is 106 Å². The van der Waals surface area contributed by atoms with Gasteiger partial charge < -0.3 is 18.8 Å². The Hall–Kier alpha value is -2.58. The molecule has 4 aromatic carbocycles. The number of halogens is 2. The summed E-state index contributed by atoms with van der Waals surface area (Å²) in [6, 6.07) is 31.7. The lowest BCUT2D eigenvalue weighted by molar-refractivity contribution is 0.107. The number of ether oxygens (including phenoxy) is 2. The first-order valence-electron chi connectivity index (χ1n) is 11.1. The Morgan fingerprint density at radius 1 is 0.486 bits per heavy atom. The summed E-state index contributed by atoms with van der Waals surface area (Å²) < 4.78 is 24.9. The van der Waals surface area contributed by atoms with Crippen molar-refractivity contribution in [3.63, 3.8) is 0 Å². The first kappa shape index (κ1) is 25.5. The van der Waals surface area contributed by atoms with Crippen molar-refractivity contribution in [3.05, 3.63) is 128 Å². The second-order valence-electron chi connectivity index (χ2n) is 7.87. The molecule has 0 heterocycles. The van der Waals surface area contributed by atoms with Crippen molar-refractivity contribution >= 4 is 39.5 Å². The predicted octanol–water partition coefficient (Wildman–Crippen LogP) is 7.64. The minimum absolute atomic E-state index is 0.534. The molecule has 0 aliphatic carbocycles. The molecular formula is C28H24BBr2O4. The molecule has 1 radical (unpaired) electrons. The zero-order chi connectivity index (χ0) is 24.3. The number of hydrogen-bond acceptors (Lipinski definition) is 4. The van der Waals surface area contributed by atoms with Crippen LogP contribution in [0.4, 0.5) is 0 Å². The van der Waals surface area contributed by atoms with E-state index in [-0.39, 0.29) is 0 Å². The Morgan fingerprint density at radius 3 is 1.29 bits per heavy atom. The third-order valence-electron chi connectivity index (χ3n) is 5.07. The molecule has 0 bridgehead atoms. The van der Waals surface area contributed by atoms with Gasteiger partial charge in [-0.15, -0.1) is 0 Å². The molecular weight excluding hydrogens is 571 g/mol. The molecule has 0 amide bonds. The molecule has 0 unspecified atom stereocenters. The molecule has 0 aliphatic heterocycles. The highest BCUT2D eigenvalue weighted by atomic mass is 79.9. The molecule has 0 spiro atoms. The third kappa shape index (κ3) is 8.86. The van der Waals surface area contributed by atoms with Crippen LogP contribution in [0.25, 0.3) is 0 Å². The van der Waals surface area contributed by atoms with Crippen LogP contribution < -0.4 is 9.31 Å². The van der Waals surface area contributed by atoms with Gasteiger partial charge in [-0.05, 0) is 70.8 Å². The maximum atomic E-state index is 5.80. The topological polar surface area (TPSA) is 36.9 Å². The monoisotopic (exact) mass is 593 g/mol. The SMILES string of the molecule is Brc1cccc(COCc2ccc(O[B]Oc3ccc(COCc4cccc(Br)c4)cc3)cc2)c1. The van der Waals surface area contributed by atoms with E-state index in [1.165, 1.54) is 7.69 Å². The highest BCUT2D eigenvalue weighted by Crippen LogP contribution is 2.17. The molecule has 177 valence electrons. The predicted molar refractivity (Wildman–Crippen MR) is 145 cm³/mol. The van der Waals surface area contributed by atoms with Gasteiger partial charge >= 0.3 is 7.69 Å². The summed E-state index contributed by atoms with van der Waals surface area (Å²) in [6.45, 7) is 2.20. The molecule has 0 saturated carbocycles. The summed E-state index contributed by atoms with van der Waals surface area (Å²) >= 11 is 6.95. The molecule has 35 heavy (non-hydrogen) atoms. The van der Waals surface area contributed by atoms with E-state index < -0.39 is 0 Å². The fourth-order valence-corrected chi connectivity index (χ4v) is 4.18. The molecule has 0 N–H and O–H groups in total. The quantitative estimate of drug-likeness (QED) is 0.158. The Kier molecular flexibility index (Phi) is 9.84. The Morgan fingerprint density at radius 2 is 0.886 bits per heavy atom. The second-order valence-corrected chi connectivity index (χ2v) is 9.70. The molecule has 7 heteroatoms. The number of rotatable bonds is 12. The average molecular weight is 595 g/mol. The van der Waals surface area contributed by atoms with Gasteiger partial charge in [-0.1, -0.05) is 80.4 Å².